The predicted molar refractivity (Wildman–Crippen MR) is 106 cm³/mol. The van der Waals surface area contributed by atoms with Crippen LogP contribution in [0.25, 0.3) is 33.0 Å². The summed E-state index contributed by atoms with van der Waals surface area (Å²) >= 11 is 0. The fourth-order valence-corrected chi connectivity index (χ4v) is 3.38. The second kappa shape index (κ2) is 6.41. The van der Waals surface area contributed by atoms with Crippen LogP contribution >= 0.6 is 0 Å². The monoisotopic (exact) mass is 393 g/mol. The molecule has 2 N–H and O–H groups in total. The summed E-state index contributed by atoms with van der Waals surface area (Å²) in [4.78, 5) is 3.16. The number of nitrogens with one attached hydrogen (secondary N) is 2. The number of alkyl halides is 3. The molecule has 144 valence electrons. The van der Waals surface area contributed by atoms with Gasteiger partial charge in [-0.3, -0.25) is 0 Å². The van der Waals surface area contributed by atoms with E-state index in [1.54, 1.807) is 0 Å². The molecule has 0 bridgehead atoms. The Bertz CT molecular complexity index is 1320. The molecule has 2 heterocycles. The van der Waals surface area contributed by atoms with E-state index in [-0.39, 0.29) is 0 Å². The Morgan fingerprint density at radius 2 is 1.76 bits per heavy atom. The van der Waals surface area contributed by atoms with Gasteiger partial charge >= 0.3 is 6.18 Å². The Balaban J connectivity index is 1.51. The molecule has 2 aromatic heterocycles. The number of benzene rings is 3. The maximum absolute atomic E-state index is 12.7. The van der Waals surface area contributed by atoms with Crippen molar-refractivity contribution < 1.29 is 17.7 Å². The number of aromatic amines is 1. The van der Waals surface area contributed by atoms with Crippen LogP contribution in [0.15, 0.2) is 77.4 Å². The van der Waals surface area contributed by atoms with Gasteiger partial charge in [0.1, 0.15) is 0 Å². The van der Waals surface area contributed by atoms with Gasteiger partial charge in [-0.25, -0.2) is 0 Å². The molecule has 0 aliphatic heterocycles. The first kappa shape index (κ1) is 17.4. The molecule has 0 fully saturated rings. The SMILES string of the molecule is FC(F)(F)c1ccc(Nc2noc3c(-c4ccc5[nH]ccc5c4)cccc23)cc1. The van der Waals surface area contributed by atoms with E-state index in [1.165, 1.54) is 12.1 Å². The summed E-state index contributed by atoms with van der Waals surface area (Å²) in [5, 5.41) is 8.95. The maximum Gasteiger partial charge on any atom is 0.416 e. The van der Waals surface area contributed by atoms with Gasteiger partial charge in [0, 0.05) is 23.0 Å². The number of anilines is 2. The van der Waals surface area contributed by atoms with E-state index in [9.17, 15) is 13.2 Å². The van der Waals surface area contributed by atoms with Crippen molar-refractivity contribution in [1.82, 2.24) is 10.1 Å². The second-order valence-corrected chi connectivity index (χ2v) is 6.69. The van der Waals surface area contributed by atoms with E-state index in [4.69, 9.17) is 4.52 Å². The summed E-state index contributed by atoms with van der Waals surface area (Å²) in [6.45, 7) is 0. The molecular formula is C22H14F3N3O. The van der Waals surface area contributed by atoms with Crippen LogP contribution in [0, 0.1) is 0 Å². The minimum atomic E-state index is -4.37. The number of fused-ring (bicyclic) bond motifs is 2. The lowest BCUT2D eigenvalue weighted by atomic mass is 10.0. The third-order valence-electron chi connectivity index (χ3n) is 4.84. The molecule has 0 amide bonds. The molecule has 7 heteroatoms. The molecule has 29 heavy (non-hydrogen) atoms. The largest absolute Gasteiger partial charge is 0.416 e. The van der Waals surface area contributed by atoms with Crippen LogP contribution in [0.1, 0.15) is 5.56 Å². The number of H-pyrrole nitrogens is 1. The van der Waals surface area contributed by atoms with E-state index in [1.807, 2.05) is 42.6 Å². The van der Waals surface area contributed by atoms with Crippen molar-refractivity contribution in [2.75, 3.05) is 5.32 Å². The number of halogens is 3. The van der Waals surface area contributed by atoms with Gasteiger partial charge in [0.15, 0.2) is 11.4 Å². The zero-order valence-electron chi connectivity index (χ0n) is 14.9. The summed E-state index contributed by atoms with van der Waals surface area (Å²) in [5.41, 5.74) is 3.32. The van der Waals surface area contributed by atoms with E-state index in [0.717, 1.165) is 39.5 Å². The van der Waals surface area contributed by atoms with Gasteiger partial charge in [0.05, 0.1) is 10.9 Å². The standard InChI is InChI=1S/C22H14F3N3O/c23-22(24,25)15-5-7-16(8-6-15)27-21-18-3-1-2-17(20(18)29-28-21)13-4-9-19-14(12-13)10-11-26-19/h1-12,26H,(H,27,28). The fourth-order valence-electron chi connectivity index (χ4n) is 3.38. The Hall–Kier alpha value is -3.74. The number of para-hydroxylation sites is 1. The minimum absolute atomic E-state index is 0.448. The van der Waals surface area contributed by atoms with Gasteiger partial charge < -0.3 is 14.8 Å². The van der Waals surface area contributed by atoms with Gasteiger partial charge in [-0.05, 0) is 59.5 Å². The van der Waals surface area contributed by atoms with E-state index in [0.29, 0.717) is 17.1 Å². The fraction of sp³-hybridized carbons (Fsp3) is 0.0455. The lowest BCUT2D eigenvalue weighted by Gasteiger charge is -2.08. The van der Waals surface area contributed by atoms with Crippen LogP contribution < -0.4 is 5.32 Å². The minimum Gasteiger partial charge on any atom is -0.361 e. The Kier molecular flexibility index (Phi) is 3.84. The van der Waals surface area contributed by atoms with Crippen molar-refractivity contribution >= 4 is 33.4 Å². The van der Waals surface area contributed by atoms with Gasteiger partial charge in [0.25, 0.3) is 0 Å². The first-order chi connectivity index (χ1) is 14.0. The highest BCUT2D eigenvalue weighted by molar-refractivity contribution is 6.00. The van der Waals surface area contributed by atoms with Crippen LogP contribution in [-0.2, 0) is 6.18 Å². The van der Waals surface area contributed by atoms with E-state index >= 15 is 0 Å². The van der Waals surface area contributed by atoms with E-state index in [2.05, 4.69) is 21.5 Å². The van der Waals surface area contributed by atoms with Crippen molar-refractivity contribution in [3.63, 3.8) is 0 Å². The van der Waals surface area contributed by atoms with Crippen molar-refractivity contribution in [1.29, 1.82) is 0 Å². The molecule has 4 nitrogen and oxygen atoms in total. The number of hydrogen-bond donors (Lipinski definition) is 2. The van der Waals surface area contributed by atoms with Gasteiger partial charge in [-0.2, -0.15) is 13.2 Å². The maximum atomic E-state index is 12.7. The number of nitrogens with zero attached hydrogens (tertiary/aromatic N) is 1. The van der Waals surface area contributed by atoms with Crippen LogP contribution in [0.3, 0.4) is 0 Å². The highest BCUT2D eigenvalue weighted by Gasteiger charge is 2.30. The lowest BCUT2D eigenvalue weighted by molar-refractivity contribution is -0.137. The molecule has 0 radical (unpaired) electrons. The molecule has 0 aliphatic rings. The van der Waals surface area contributed by atoms with Crippen molar-refractivity contribution in [3.05, 3.63) is 78.5 Å². The summed E-state index contributed by atoms with van der Waals surface area (Å²) in [6, 6.07) is 18.6. The first-order valence-corrected chi connectivity index (χ1v) is 8.89. The number of aromatic nitrogens is 2. The normalized spacial score (nSPS) is 12.0. The zero-order valence-corrected chi connectivity index (χ0v) is 14.9. The predicted octanol–water partition coefficient (Wildman–Crippen LogP) is 6.74. The third-order valence-corrected chi connectivity index (χ3v) is 4.84. The van der Waals surface area contributed by atoms with Crippen LogP contribution in [0.4, 0.5) is 24.7 Å². The van der Waals surface area contributed by atoms with Crippen molar-refractivity contribution in [2.24, 2.45) is 0 Å². The highest BCUT2D eigenvalue weighted by Crippen LogP contribution is 2.35. The smallest absolute Gasteiger partial charge is 0.361 e. The van der Waals surface area contributed by atoms with Gasteiger partial charge in [0.2, 0.25) is 0 Å². The number of hydrogen-bond acceptors (Lipinski definition) is 3. The average Bonchev–Trinajstić information content (AvgIpc) is 3.34. The molecule has 3 aromatic carbocycles. The topological polar surface area (TPSA) is 53.9 Å². The molecule has 0 aliphatic carbocycles. The summed E-state index contributed by atoms with van der Waals surface area (Å²) in [5.74, 6) is 0.448. The summed E-state index contributed by atoms with van der Waals surface area (Å²) < 4.78 is 43.8. The number of rotatable bonds is 3. The van der Waals surface area contributed by atoms with Crippen molar-refractivity contribution in [3.8, 4) is 11.1 Å². The molecule has 0 unspecified atom stereocenters. The summed E-state index contributed by atoms with van der Waals surface area (Å²) in [6.07, 6.45) is -2.48. The second-order valence-electron chi connectivity index (χ2n) is 6.69. The summed E-state index contributed by atoms with van der Waals surface area (Å²) in [7, 11) is 0. The average molecular weight is 393 g/mol. The van der Waals surface area contributed by atoms with Crippen molar-refractivity contribution in [2.45, 2.75) is 6.18 Å². The molecule has 0 saturated carbocycles. The highest BCUT2D eigenvalue weighted by atomic mass is 19.4. The molecule has 0 spiro atoms. The molecule has 0 saturated heterocycles. The van der Waals surface area contributed by atoms with Crippen LogP contribution in [0.2, 0.25) is 0 Å². The Morgan fingerprint density at radius 1 is 0.931 bits per heavy atom. The van der Waals surface area contributed by atoms with Gasteiger partial charge in [-0.15, -0.1) is 0 Å². The third kappa shape index (κ3) is 3.10. The molecule has 0 atom stereocenters. The van der Waals surface area contributed by atoms with Crippen LogP contribution in [-0.4, -0.2) is 10.1 Å². The quantitative estimate of drug-likeness (QED) is 0.357. The van der Waals surface area contributed by atoms with Crippen LogP contribution in [0.5, 0.6) is 0 Å². The lowest BCUT2D eigenvalue weighted by Crippen LogP contribution is -2.04. The first-order valence-electron chi connectivity index (χ1n) is 8.89. The Morgan fingerprint density at radius 3 is 2.55 bits per heavy atom. The zero-order chi connectivity index (χ0) is 20.0. The van der Waals surface area contributed by atoms with E-state index < -0.39 is 11.7 Å². The molecule has 5 rings (SSSR count). The Labute approximate surface area is 162 Å². The molecular weight excluding hydrogens is 379 g/mol. The molecule has 5 aromatic rings. The van der Waals surface area contributed by atoms with Gasteiger partial charge in [-0.1, -0.05) is 23.4 Å².